The molecule has 0 aromatic carbocycles. The average molecular weight is 148 g/mol. The van der Waals surface area contributed by atoms with Gasteiger partial charge in [0.2, 0.25) is 0 Å². The highest BCUT2D eigenvalue weighted by molar-refractivity contribution is 5.21. The molecule has 0 N–H and O–H groups in total. The zero-order valence-corrected chi connectivity index (χ0v) is 6.55. The Morgan fingerprint density at radius 3 is 2.00 bits per heavy atom. The number of fused-ring (bicyclic) bond motifs is 2. The van der Waals surface area contributed by atoms with E-state index < -0.39 is 0 Å². The van der Waals surface area contributed by atoms with Crippen LogP contribution in [0.4, 0.5) is 0 Å². The van der Waals surface area contributed by atoms with E-state index in [1.807, 2.05) is 12.2 Å². The number of hydrogen-bond acceptors (Lipinski definition) is 1. The first kappa shape index (κ1) is 6.71. The third-order valence-corrected chi connectivity index (χ3v) is 2.03. The molecule has 0 unspecified atom stereocenters. The Labute approximate surface area is 67.1 Å². The summed E-state index contributed by atoms with van der Waals surface area (Å²) in [6, 6.07) is 0. The Morgan fingerprint density at radius 2 is 1.45 bits per heavy atom. The highest BCUT2D eigenvalue weighted by atomic mass is 16.5. The Hall–Kier alpha value is -0.980. The van der Waals surface area contributed by atoms with Crippen LogP contribution in [0, 0.1) is 0 Å². The summed E-state index contributed by atoms with van der Waals surface area (Å²) in [7, 11) is 0. The van der Waals surface area contributed by atoms with Crippen LogP contribution in [0.15, 0.2) is 35.8 Å². The molecule has 0 aliphatic carbocycles. The van der Waals surface area contributed by atoms with Gasteiger partial charge in [0.15, 0.2) is 0 Å². The van der Waals surface area contributed by atoms with Crippen molar-refractivity contribution in [1.29, 1.82) is 0 Å². The zero-order chi connectivity index (χ0) is 7.52. The number of rotatable bonds is 0. The third-order valence-electron chi connectivity index (χ3n) is 2.03. The molecule has 1 heteroatoms. The van der Waals surface area contributed by atoms with Gasteiger partial charge in [0.05, 0.1) is 0 Å². The van der Waals surface area contributed by atoms with E-state index in [0.29, 0.717) is 0 Å². The fraction of sp³-hybridized carbons (Fsp3) is 0.400. The smallest absolute Gasteiger partial charge is 0.104 e. The van der Waals surface area contributed by atoms with Crippen molar-refractivity contribution in [3.05, 3.63) is 35.8 Å². The molecule has 0 spiro atoms. The standard InChI is InChI=1S/C10H12O/c1-2-6-10-8-4-3-7-9(5-1)11-10/h1-2,5-6H,3-4,7-8H2. The van der Waals surface area contributed by atoms with Crippen LogP contribution < -0.4 is 0 Å². The van der Waals surface area contributed by atoms with Gasteiger partial charge in [-0.15, -0.1) is 0 Å². The Balaban J connectivity index is 2.27. The summed E-state index contributed by atoms with van der Waals surface area (Å²) in [5, 5.41) is 0. The van der Waals surface area contributed by atoms with Crippen LogP contribution in [0.25, 0.3) is 0 Å². The molecule has 0 amide bonds. The number of ether oxygens (including phenoxy) is 1. The number of hydrogen-bond donors (Lipinski definition) is 0. The Morgan fingerprint density at radius 1 is 0.909 bits per heavy atom. The summed E-state index contributed by atoms with van der Waals surface area (Å²) < 4.78 is 5.63. The second-order valence-corrected chi connectivity index (χ2v) is 2.96. The van der Waals surface area contributed by atoms with Crippen LogP contribution in [0.2, 0.25) is 0 Å². The van der Waals surface area contributed by atoms with Gasteiger partial charge in [0.25, 0.3) is 0 Å². The average Bonchev–Trinajstić information content (AvgIpc) is 2.36. The Bertz CT molecular complexity index is 209. The normalized spacial score (nSPS) is 22.5. The van der Waals surface area contributed by atoms with E-state index in [0.717, 1.165) is 24.4 Å². The van der Waals surface area contributed by atoms with E-state index >= 15 is 0 Å². The lowest BCUT2D eigenvalue weighted by atomic mass is 10.1. The fourth-order valence-electron chi connectivity index (χ4n) is 1.43. The molecule has 2 aliphatic heterocycles. The van der Waals surface area contributed by atoms with Gasteiger partial charge in [-0.2, -0.15) is 0 Å². The lowest BCUT2D eigenvalue weighted by Crippen LogP contribution is -1.86. The van der Waals surface area contributed by atoms with Crippen LogP contribution in [0.5, 0.6) is 0 Å². The first-order valence-electron chi connectivity index (χ1n) is 4.19. The lowest BCUT2D eigenvalue weighted by molar-refractivity contribution is 0.294. The predicted molar refractivity (Wildman–Crippen MR) is 44.9 cm³/mol. The summed E-state index contributed by atoms with van der Waals surface area (Å²) in [6.45, 7) is 0. The molecule has 1 nitrogen and oxygen atoms in total. The second-order valence-electron chi connectivity index (χ2n) is 2.96. The van der Waals surface area contributed by atoms with Crippen LogP contribution in [-0.4, -0.2) is 0 Å². The molecule has 0 saturated carbocycles. The zero-order valence-electron chi connectivity index (χ0n) is 6.55. The molecular weight excluding hydrogens is 136 g/mol. The minimum Gasteiger partial charge on any atom is -0.466 e. The molecule has 0 aromatic rings. The van der Waals surface area contributed by atoms with Crippen molar-refractivity contribution in [3.8, 4) is 0 Å². The maximum atomic E-state index is 5.63. The third kappa shape index (κ3) is 1.53. The fourth-order valence-corrected chi connectivity index (χ4v) is 1.43. The molecule has 58 valence electrons. The van der Waals surface area contributed by atoms with Gasteiger partial charge in [-0.3, -0.25) is 0 Å². The molecule has 1 fully saturated rings. The minimum absolute atomic E-state index is 1.10. The first-order chi connectivity index (χ1) is 5.45. The molecular formula is C10H12O. The van der Waals surface area contributed by atoms with E-state index in [2.05, 4.69) is 12.2 Å². The highest BCUT2D eigenvalue weighted by Gasteiger charge is 2.09. The van der Waals surface area contributed by atoms with Gasteiger partial charge in [0, 0.05) is 12.8 Å². The summed E-state index contributed by atoms with van der Waals surface area (Å²) in [4.78, 5) is 0. The van der Waals surface area contributed by atoms with Crippen LogP contribution in [0.3, 0.4) is 0 Å². The van der Waals surface area contributed by atoms with Crippen molar-refractivity contribution >= 4 is 0 Å². The summed E-state index contributed by atoms with van der Waals surface area (Å²) in [6.07, 6.45) is 12.9. The quantitative estimate of drug-likeness (QED) is 0.513. The van der Waals surface area contributed by atoms with E-state index in [9.17, 15) is 0 Å². The van der Waals surface area contributed by atoms with Crippen molar-refractivity contribution in [2.45, 2.75) is 25.7 Å². The van der Waals surface area contributed by atoms with Crippen molar-refractivity contribution in [3.63, 3.8) is 0 Å². The van der Waals surface area contributed by atoms with Crippen molar-refractivity contribution in [2.24, 2.45) is 0 Å². The molecule has 0 radical (unpaired) electrons. The molecule has 0 atom stereocenters. The lowest BCUT2D eigenvalue weighted by Gasteiger charge is -2.05. The van der Waals surface area contributed by atoms with Gasteiger partial charge in [-0.25, -0.2) is 0 Å². The van der Waals surface area contributed by atoms with Crippen LogP contribution in [0.1, 0.15) is 25.7 Å². The topological polar surface area (TPSA) is 9.23 Å². The SMILES string of the molecule is C1=CC=C2CCCCC(=C1)O2. The van der Waals surface area contributed by atoms with Crippen molar-refractivity contribution in [2.75, 3.05) is 0 Å². The molecule has 2 rings (SSSR count). The monoisotopic (exact) mass is 148 g/mol. The largest absolute Gasteiger partial charge is 0.466 e. The molecule has 0 aromatic heterocycles. The Kier molecular flexibility index (Phi) is 1.80. The van der Waals surface area contributed by atoms with E-state index in [1.165, 1.54) is 12.8 Å². The molecule has 2 aliphatic rings. The molecule has 2 heterocycles. The van der Waals surface area contributed by atoms with E-state index in [1.54, 1.807) is 0 Å². The minimum atomic E-state index is 1.10. The maximum Gasteiger partial charge on any atom is 0.104 e. The van der Waals surface area contributed by atoms with Crippen LogP contribution in [-0.2, 0) is 4.74 Å². The second kappa shape index (κ2) is 2.95. The first-order valence-corrected chi connectivity index (χ1v) is 4.19. The van der Waals surface area contributed by atoms with E-state index in [4.69, 9.17) is 4.74 Å². The van der Waals surface area contributed by atoms with Crippen molar-refractivity contribution < 1.29 is 4.74 Å². The maximum absolute atomic E-state index is 5.63. The van der Waals surface area contributed by atoms with E-state index in [-0.39, 0.29) is 0 Å². The predicted octanol–water partition coefficient (Wildman–Crippen LogP) is 2.91. The molecule has 11 heavy (non-hydrogen) atoms. The van der Waals surface area contributed by atoms with Gasteiger partial charge in [0.1, 0.15) is 11.5 Å². The summed E-state index contributed by atoms with van der Waals surface area (Å²) in [5.74, 6) is 2.25. The van der Waals surface area contributed by atoms with Gasteiger partial charge < -0.3 is 4.74 Å². The highest BCUT2D eigenvalue weighted by Crippen LogP contribution is 2.25. The van der Waals surface area contributed by atoms with Gasteiger partial charge in [-0.1, -0.05) is 12.2 Å². The molecule has 1 saturated heterocycles. The summed E-state index contributed by atoms with van der Waals surface area (Å²) in [5.41, 5.74) is 0. The van der Waals surface area contributed by atoms with Gasteiger partial charge in [-0.05, 0) is 25.0 Å². The van der Waals surface area contributed by atoms with Gasteiger partial charge >= 0.3 is 0 Å². The summed E-state index contributed by atoms with van der Waals surface area (Å²) >= 11 is 0. The van der Waals surface area contributed by atoms with Crippen molar-refractivity contribution in [1.82, 2.24) is 0 Å². The molecule has 2 bridgehead atoms. The van der Waals surface area contributed by atoms with Crippen LogP contribution >= 0.6 is 0 Å². The number of allylic oxidation sites excluding steroid dienone is 6.